The fraction of sp³-hybridized carbons (Fsp3) is 0.412. The Morgan fingerprint density at radius 2 is 2.17 bits per heavy atom. The number of carbonyl (C=O) groups is 1. The summed E-state index contributed by atoms with van der Waals surface area (Å²) in [5.74, 6) is 0.0601. The molecule has 0 spiro atoms. The van der Waals surface area contributed by atoms with Crippen molar-refractivity contribution in [1.82, 2.24) is 14.5 Å². The van der Waals surface area contributed by atoms with E-state index in [0.717, 1.165) is 12.8 Å². The number of aromatic nitrogens is 2. The van der Waals surface area contributed by atoms with Crippen LogP contribution in [0.25, 0.3) is 11.3 Å². The maximum atomic E-state index is 12.4. The summed E-state index contributed by atoms with van der Waals surface area (Å²) in [4.78, 5) is 28.9. The highest BCUT2D eigenvalue weighted by molar-refractivity contribution is 5.76. The number of nitro benzene ring substituents is 1. The van der Waals surface area contributed by atoms with Gasteiger partial charge in [-0.05, 0) is 12.8 Å². The van der Waals surface area contributed by atoms with Gasteiger partial charge in [-0.15, -0.1) is 0 Å². The Kier molecular flexibility index (Phi) is 4.59. The summed E-state index contributed by atoms with van der Waals surface area (Å²) in [6.07, 6.45) is 7.86. The normalized spacial score (nSPS) is 14.7. The van der Waals surface area contributed by atoms with Gasteiger partial charge in [0.1, 0.15) is 6.54 Å². The Bertz CT molecular complexity index is 750. The maximum Gasteiger partial charge on any atom is 0.270 e. The van der Waals surface area contributed by atoms with Crippen LogP contribution in [0.4, 0.5) is 5.69 Å². The maximum absolute atomic E-state index is 12.4. The van der Waals surface area contributed by atoms with Gasteiger partial charge in [0.15, 0.2) is 0 Å². The third-order valence-electron chi connectivity index (χ3n) is 4.57. The second kappa shape index (κ2) is 6.82. The minimum Gasteiger partial charge on any atom is -0.341 e. The number of likely N-dealkylation sites (N-methyl/N-ethyl adjacent to an activating group) is 1. The Labute approximate surface area is 140 Å². The van der Waals surface area contributed by atoms with Crippen LogP contribution in [-0.2, 0) is 11.3 Å². The van der Waals surface area contributed by atoms with Crippen LogP contribution in [0, 0.1) is 10.1 Å². The molecule has 7 heteroatoms. The van der Waals surface area contributed by atoms with Gasteiger partial charge in [-0.3, -0.25) is 14.9 Å². The lowest BCUT2D eigenvalue weighted by atomic mass is 10.1. The van der Waals surface area contributed by atoms with Crippen molar-refractivity contribution in [2.24, 2.45) is 0 Å². The molecule has 1 aromatic heterocycles. The second-order valence-electron chi connectivity index (χ2n) is 6.18. The molecule has 0 bridgehead atoms. The van der Waals surface area contributed by atoms with Crippen LogP contribution in [0.1, 0.15) is 25.7 Å². The zero-order valence-electron chi connectivity index (χ0n) is 13.6. The van der Waals surface area contributed by atoms with Crippen LogP contribution < -0.4 is 0 Å². The number of hydrogen-bond donors (Lipinski definition) is 0. The van der Waals surface area contributed by atoms with Gasteiger partial charge in [0, 0.05) is 37.0 Å². The predicted octanol–water partition coefficient (Wildman–Crippen LogP) is 2.86. The van der Waals surface area contributed by atoms with Gasteiger partial charge in [0.2, 0.25) is 5.91 Å². The van der Waals surface area contributed by atoms with Crippen molar-refractivity contribution in [2.75, 3.05) is 7.05 Å². The molecule has 1 aliphatic carbocycles. The number of benzene rings is 1. The molecule has 7 nitrogen and oxygen atoms in total. The fourth-order valence-electron chi connectivity index (χ4n) is 3.14. The molecule has 2 aromatic rings. The molecule has 3 rings (SSSR count). The lowest BCUT2D eigenvalue weighted by Crippen LogP contribution is -2.37. The minimum atomic E-state index is -0.430. The van der Waals surface area contributed by atoms with Gasteiger partial charge < -0.3 is 9.47 Å². The number of hydrogen-bond acceptors (Lipinski definition) is 4. The number of rotatable bonds is 5. The smallest absolute Gasteiger partial charge is 0.270 e. The van der Waals surface area contributed by atoms with Gasteiger partial charge in [-0.25, -0.2) is 4.98 Å². The summed E-state index contributed by atoms with van der Waals surface area (Å²) in [7, 11) is 1.86. The topological polar surface area (TPSA) is 81.3 Å². The van der Waals surface area contributed by atoms with Crippen molar-refractivity contribution < 1.29 is 9.72 Å². The van der Waals surface area contributed by atoms with Crippen molar-refractivity contribution in [2.45, 2.75) is 38.3 Å². The monoisotopic (exact) mass is 328 g/mol. The molecule has 0 unspecified atom stereocenters. The van der Waals surface area contributed by atoms with Crippen LogP contribution in [0.3, 0.4) is 0 Å². The number of carbonyl (C=O) groups excluding carboxylic acids is 1. The summed E-state index contributed by atoms with van der Waals surface area (Å²) < 4.78 is 1.72. The molecular formula is C17H20N4O3. The standard InChI is InChI=1S/C17H20N4O3/c1-19(14-6-2-3-7-14)17(22)11-20-10-16(18-12-20)13-5-4-8-15(9-13)21(23)24/h4-5,8-10,12,14H,2-3,6-7,11H2,1H3. The number of imidazole rings is 1. The van der Waals surface area contributed by atoms with Gasteiger partial charge in [0.05, 0.1) is 16.9 Å². The van der Waals surface area contributed by atoms with E-state index in [1.165, 1.54) is 25.0 Å². The predicted molar refractivity (Wildman–Crippen MR) is 89.3 cm³/mol. The zero-order chi connectivity index (χ0) is 17.1. The van der Waals surface area contributed by atoms with Crippen LogP contribution in [-0.4, -0.2) is 38.4 Å². The fourth-order valence-corrected chi connectivity index (χ4v) is 3.14. The van der Waals surface area contributed by atoms with Crippen molar-refractivity contribution in [3.63, 3.8) is 0 Å². The van der Waals surface area contributed by atoms with Crippen LogP contribution in [0.15, 0.2) is 36.8 Å². The highest BCUT2D eigenvalue weighted by Crippen LogP contribution is 2.24. The molecule has 24 heavy (non-hydrogen) atoms. The van der Waals surface area contributed by atoms with E-state index in [-0.39, 0.29) is 18.1 Å². The summed E-state index contributed by atoms with van der Waals surface area (Å²) in [6.45, 7) is 0.231. The summed E-state index contributed by atoms with van der Waals surface area (Å²) in [6, 6.07) is 6.68. The largest absolute Gasteiger partial charge is 0.341 e. The zero-order valence-corrected chi connectivity index (χ0v) is 13.6. The SMILES string of the molecule is CN(C(=O)Cn1cnc(-c2cccc([N+](=O)[O-])c2)c1)C1CCCC1. The van der Waals surface area contributed by atoms with E-state index in [9.17, 15) is 14.9 Å². The molecular weight excluding hydrogens is 308 g/mol. The van der Waals surface area contributed by atoms with E-state index < -0.39 is 4.92 Å². The molecule has 1 aliphatic rings. The van der Waals surface area contributed by atoms with Crippen LogP contribution >= 0.6 is 0 Å². The van der Waals surface area contributed by atoms with Crippen LogP contribution in [0.5, 0.6) is 0 Å². The molecule has 0 atom stereocenters. The third kappa shape index (κ3) is 3.45. The molecule has 0 N–H and O–H groups in total. The molecule has 1 fully saturated rings. The molecule has 1 aromatic carbocycles. The van der Waals surface area contributed by atoms with Crippen LogP contribution in [0.2, 0.25) is 0 Å². The molecule has 1 heterocycles. The number of non-ortho nitro benzene ring substituents is 1. The van der Waals surface area contributed by atoms with Crippen molar-refractivity contribution >= 4 is 11.6 Å². The number of amides is 1. The Morgan fingerprint density at radius 1 is 1.42 bits per heavy atom. The van der Waals surface area contributed by atoms with Crippen molar-refractivity contribution in [1.29, 1.82) is 0 Å². The first-order chi connectivity index (χ1) is 11.5. The van der Waals surface area contributed by atoms with E-state index in [4.69, 9.17) is 0 Å². The highest BCUT2D eigenvalue weighted by Gasteiger charge is 2.23. The van der Waals surface area contributed by atoms with E-state index in [0.29, 0.717) is 17.3 Å². The molecule has 1 amide bonds. The number of nitrogens with zero attached hydrogens (tertiary/aromatic N) is 4. The van der Waals surface area contributed by atoms with Gasteiger partial charge in [-0.1, -0.05) is 25.0 Å². The average molecular weight is 328 g/mol. The van der Waals surface area contributed by atoms with Gasteiger partial charge in [0.25, 0.3) is 5.69 Å². The summed E-state index contributed by atoms with van der Waals surface area (Å²) in [5, 5.41) is 10.9. The van der Waals surface area contributed by atoms with Gasteiger partial charge in [-0.2, -0.15) is 0 Å². The molecule has 1 saturated carbocycles. The van der Waals surface area contributed by atoms with E-state index >= 15 is 0 Å². The minimum absolute atomic E-state index is 0.0269. The van der Waals surface area contributed by atoms with Gasteiger partial charge >= 0.3 is 0 Å². The Hall–Kier alpha value is -2.70. The molecule has 126 valence electrons. The lowest BCUT2D eigenvalue weighted by molar-refractivity contribution is -0.384. The summed E-state index contributed by atoms with van der Waals surface area (Å²) >= 11 is 0. The third-order valence-corrected chi connectivity index (χ3v) is 4.57. The summed E-state index contributed by atoms with van der Waals surface area (Å²) in [5.41, 5.74) is 1.31. The first-order valence-corrected chi connectivity index (χ1v) is 8.07. The average Bonchev–Trinajstić information content (AvgIpc) is 3.26. The lowest BCUT2D eigenvalue weighted by Gasteiger charge is -2.24. The van der Waals surface area contributed by atoms with E-state index in [2.05, 4.69) is 4.98 Å². The van der Waals surface area contributed by atoms with E-state index in [1.807, 2.05) is 11.9 Å². The first-order valence-electron chi connectivity index (χ1n) is 8.07. The quantitative estimate of drug-likeness (QED) is 0.624. The molecule has 0 aliphatic heterocycles. The van der Waals surface area contributed by atoms with Crippen molar-refractivity contribution in [3.05, 3.63) is 46.9 Å². The first kappa shape index (κ1) is 16.2. The van der Waals surface area contributed by atoms with E-state index in [1.54, 1.807) is 29.2 Å². The molecule has 0 saturated heterocycles. The second-order valence-corrected chi connectivity index (χ2v) is 6.18. The number of nitro groups is 1. The highest BCUT2D eigenvalue weighted by atomic mass is 16.6. The Morgan fingerprint density at radius 3 is 2.88 bits per heavy atom. The van der Waals surface area contributed by atoms with Crippen molar-refractivity contribution in [3.8, 4) is 11.3 Å². The Balaban J connectivity index is 1.70. The molecule has 0 radical (unpaired) electrons.